The van der Waals surface area contributed by atoms with Crippen molar-refractivity contribution in [2.75, 3.05) is 13.7 Å². The van der Waals surface area contributed by atoms with Crippen molar-refractivity contribution in [3.63, 3.8) is 0 Å². The first-order valence-corrected chi connectivity index (χ1v) is 4.21. The van der Waals surface area contributed by atoms with E-state index in [0.717, 1.165) is 18.4 Å². The minimum atomic E-state index is 0.810. The van der Waals surface area contributed by atoms with Gasteiger partial charge in [0.05, 0.1) is 0 Å². The van der Waals surface area contributed by atoms with E-state index >= 15 is 0 Å². The highest BCUT2D eigenvalue weighted by atomic mass is 16.5. The molecule has 0 radical (unpaired) electrons. The van der Waals surface area contributed by atoms with Gasteiger partial charge in [-0.05, 0) is 18.3 Å². The Morgan fingerprint density at radius 3 is 2.20 bits per heavy atom. The van der Waals surface area contributed by atoms with Crippen LogP contribution in [0.3, 0.4) is 0 Å². The SMILES string of the molecule is CC[C@H](C)[C@H](C)CCOC. The molecule has 10 heavy (non-hydrogen) atoms. The Balaban J connectivity index is 3.31. The molecule has 2 atom stereocenters. The number of rotatable bonds is 5. The van der Waals surface area contributed by atoms with Crippen LogP contribution in [0.15, 0.2) is 0 Å². The number of hydrogen-bond acceptors (Lipinski definition) is 1. The van der Waals surface area contributed by atoms with E-state index in [9.17, 15) is 0 Å². The summed E-state index contributed by atoms with van der Waals surface area (Å²) in [5, 5.41) is 0. The van der Waals surface area contributed by atoms with Gasteiger partial charge in [-0.2, -0.15) is 0 Å². The molecule has 0 bridgehead atoms. The lowest BCUT2D eigenvalue weighted by Gasteiger charge is -2.16. The molecule has 1 nitrogen and oxygen atoms in total. The molecule has 0 unspecified atom stereocenters. The van der Waals surface area contributed by atoms with Crippen molar-refractivity contribution in [3.05, 3.63) is 0 Å². The highest BCUT2D eigenvalue weighted by molar-refractivity contribution is 4.59. The van der Waals surface area contributed by atoms with Crippen LogP contribution in [0, 0.1) is 11.8 Å². The highest BCUT2D eigenvalue weighted by Crippen LogP contribution is 2.17. The largest absolute Gasteiger partial charge is 0.385 e. The fourth-order valence-electron chi connectivity index (χ4n) is 0.991. The van der Waals surface area contributed by atoms with Gasteiger partial charge < -0.3 is 4.74 Å². The van der Waals surface area contributed by atoms with Crippen molar-refractivity contribution in [2.45, 2.75) is 33.6 Å². The van der Waals surface area contributed by atoms with Gasteiger partial charge in [0.15, 0.2) is 0 Å². The monoisotopic (exact) mass is 144 g/mol. The molecule has 0 saturated heterocycles. The van der Waals surface area contributed by atoms with Crippen LogP contribution >= 0.6 is 0 Å². The summed E-state index contributed by atoms with van der Waals surface area (Å²) in [5.74, 6) is 1.65. The van der Waals surface area contributed by atoms with Crippen LogP contribution in [0.25, 0.3) is 0 Å². The van der Waals surface area contributed by atoms with Crippen molar-refractivity contribution in [1.29, 1.82) is 0 Å². The molecule has 0 aliphatic carbocycles. The van der Waals surface area contributed by atoms with Crippen molar-refractivity contribution in [2.24, 2.45) is 11.8 Å². The van der Waals surface area contributed by atoms with Crippen LogP contribution in [0.2, 0.25) is 0 Å². The molecule has 0 aliphatic heterocycles. The van der Waals surface area contributed by atoms with Gasteiger partial charge in [0.2, 0.25) is 0 Å². The van der Waals surface area contributed by atoms with E-state index in [1.54, 1.807) is 7.11 Å². The zero-order chi connectivity index (χ0) is 7.98. The predicted octanol–water partition coefficient (Wildman–Crippen LogP) is 2.71. The van der Waals surface area contributed by atoms with Crippen LogP contribution in [0.1, 0.15) is 33.6 Å². The normalized spacial score (nSPS) is 16.8. The minimum Gasteiger partial charge on any atom is -0.385 e. The summed E-state index contributed by atoms with van der Waals surface area (Å²) in [6.45, 7) is 7.76. The third kappa shape index (κ3) is 3.89. The maximum atomic E-state index is 5.01. The van der Waals surface area contributed by atoms with Crippen LogP contribution in [0.5, 0.6) is 0 Å². The number of hydrogen-bond donors (Lipinski definition) is 0. The van der Waals surface area contributed by atoms with Crippen molar-refractivity contribution in [3.8, 4) is 0 Å². The Kier molecular flexibility index (Phi) is 5.70. The summed E-state index contributed by atoms with van der Waals surface area (Å²) < 4.78 is 5.01. The number of methoxy groups -OCH3 is 1. The summed E-state index contributed by atoms with van der Waals surface area (Å²) in [6.07, 6.45) is 2.48. The molecular formula is C9H20O. The van der Waals surface area contributed by atoms with Gasteiger partial charge in [-0.15, -0.1) is 0 Å². The lowest BCUT2D eigenvalue weighted by atomic mass is 9.91. The molecule has 0 spiro atoms. The van der Waals surface area contributed by atoms with Crippen LogP contribution in [0.4, 0.5) is 0 Å². The van der Waals surface area contributed by atoms with Gasteiger partial charge >= 0.3 is 0 Å². The van der Waals surface area contributed by atoms with Gasteiger partial charge in [-0.3, -0.25) is 0 Å². The minimum absolute atomic E-state index is 0.810. The molecule has 0 aromatic heterocycles. The first-order chi connectivity index (χ1) is 4.72. The van der Waals surface area contributed by atoms with Crippen LogP contribution in [-0.4, -0.2) is 13.7 Å². The predicted molar refractivity (Wildman–Crippen MR) is 45.1 cm³/mol. The summed E-state index contributed by atoms with van der Waals surface area (Å²) >= 11 is 0. The summed E-state index contributed by atoms with van der Waals surface area (Å²) in [4.78, 5) is 0. The lowest BCUT2D eigenvalue weighted by molar-refractivity contribution is 0.167. The molecule has 0 saturated carbocycles. The van der Waals surface area contributed by atoms with Crippen molar-refractivity contribution >= 4 is 0 Å². The van der Waals surface area contributed by atoms with Gasteiger partial charge in [0.1, 0.15) is 0 Å². The molecule has 0 N–H and O–H groups in total. The molecule has 62 valence electrons. The van der Waals surface area contributed by atoms with Gasteiger partial charge in [-0.1, -0.05) is 27.2 Å². The molecule has 0 heterocycles. The first-order valence-electron chi connectivity index (χ1n) is 4.21. The summed E-state index contributed by atoms with van der Waals surface area (Å²) in [6, 6.07) is 0. The molecule has 0 aromatic rings. The number of ether oxygens (including phenoxy) is 1. The van der Waals surface area contributed by atoms with Crippen LogP contribution in [-0.2, 0) is 4.74 Å². The Morgan fingerprint density at radius 1 is 1.20 bits per heavy atom. The van der Waals surface area contributed by atoms with Crippen molar-refractivity contribution in [1.82, 2.24) is 0 Å². The van der Waals surface area contributed by atoms with E-state index in [2.05, 4.69) is 20.8 Å². The van der Waals surface area contributed by atoms with E-state index in [4.69, 9.17) is 4.74 Å². The highest BCUT2D eigenvalue weighted by Gasteiger charge is 2.08. The Hall–Kier alpha value is -0.0400. The second-order valence-electron chi connectivity index (χ2n) is 3.14. The quantitative estimate of drug-likeness (QED) is 0.576. The molecular weight excluding hydrogens is 124 g/mol. The topological polar surface area (TPSA) is 9.23 Å². The molecule has 0 aliphatic rings. The van der Waals surface area contributed by atoms with E-state index < -0.39 is 0 Å². The van der Waals surface area contributed by atoms with E-state index in [1.165, 1.54) is 12.8 Å². The van der Waals surface area contributed by atoms with Crippen molar-refractivity contribution < 1.29 is 4.74 Å². The molecule has 0 fully saturated rings. The molecule has 0 amide bonds. The smallest absolute Gasteiger partial charge is 0.0464 e. The maximum Gasteiger partial charge on any atom is 0.0464 e. The fourth-order valence-corrected chi connectivity index (χ4v) is 0.991. The maximum absolute atomic E-state index is 5.01. The zero-order valence-corrected chi connectivity index (χ0v) is 7.68. The average Bonchev–Trinajstić information content (AvgIpc) is 1.98. The Morgan fingerprint density at radius 2 is 1.80 bits per heavy atom. The van der Waals surface area contributed by atoms with Gasteiger partial charge in [-0.25, -0.2) is 0 Å². The average molecular weight is 144 g/mol. The Labute approximate surface area is 64.8 Å². The molecule has 0 aromatic carbocycles. The standard InChI is InChI=1S/C9H20O/c1-5-8(2)9(3)6-7-10-4/h8-9H,5-7H2,1-4H3/t8-,9+/m0/s1. The summed E-state index contributed by atoms with van der Waals surface area (Å²) in [7, 11) is 1.77. The van der Waals surface area contributed by atoms with E-state index in [-0.39, 0.29) is 0 Å². The van der Waals surface area contributed by atoms with Gasteiger partial charge in [0.25, 0.3) is 0 Å². The zero-order valence-electron chi connectivity index (χ0n) is 7.68. The second kappa shape index (κ2) is 5.72. The van der Waals surface area contributed by atoms with E-state index in [0.29, 0.717) is 0 Å². The fraction of sp³-hybridized carbons (Fsp3) is 1.00. The lowest BCUT2D eigenvalue weighted by Crippen LogP contribution is -2.09. The third-order valence-electron chi connectivity index (χ3n) is 2.39. The van der Waals surface area contributed by atoms with Gasteiger partial charge in [0, 0.05) is 13.7 Å². The summed E-state index contributed by atoms with van der Waals surface area (Å²) in [5.41, 5.74) is 0. The third-order valence-corrected chi connectivity index (χ3v) is 2.39. The molecule has 0 rings (SSSR count). The van der Waals surface area contributed by atoms with E-state index in [1.807, 2.05) is 0 Å². The first kappa shape index (κ1) is 9.96. The second-order valence-corrected chi connectivity index (χ2v) is 3.14. The molecule has 1 heteroatoms. The van der Waals surface area contributed by atoms with Crippen LogP contribution < -0.4 is 0 Å². The Bertz CT molecular complexity index is 71.1.